The summed E-state index contributed by atoms with van der Waals surface area (Å²) in [6, 6.07) is 2.92. The molecular weight excluding hydrogens is 1450 g/mol. The van der Waals surface area contributed by atoms with Gasteiger partial charge in [-0.05, 0) is 159 Å². The van der Waals surface area contributed by atoms with E-state index in [0.29, 0.717) is 59.5 Å². The van der Waals surface area contributed by atoms with Crippen LogP contribution in [0.15, 0.2) is 0 Å². The molecule has 0 spiro atoms. The summed E-state index contributed by atoms with van der Waals surface area (Å²) in [5.41, 5.74) is 0. The van der Waals surface area contributed by atoms with E-state index in [2.05, 4.69) is 83.1 Å². The Balaban J connectivity index is 0.00000161. The Kier molecular flexibility index (Phi) is 80.9. The smallest absolute Gasteiger partial charge is 0.506 e. The summed E-state index contributed by atoms with van der Waals surface area (Å²) in [6.07, 6.45) is 81.6. The average molecular weight is 1650 g/mol. The molecule has 3 aliphatic heterocycles. The molecule has 0 atom stereocenters. The normalized spacial score (nSPS) is 15.7. The van der Waals surface area contributed by atoms with Gasteiger partial charge < -0.3 is 68.4 Å². The lowest BCUT2D eigenvalue weighted by Gasteiger charge is -2.43. The van der Waals surface area contributed by atoms with Crippen LogP contribution in [0.5, 0.6) is 0 Å². The van der Waals surface area contributed by atoms with Crippen LogP contribution in [0.1, 0.15) is 449 Å². The van der Waals surface area contributed by atoms with E-state index in [1.165, 1.54) is 458 Å². The average Bonchev–Trinajstić information content (AvgIpc) is 0.840. The number of hydrogen-bond donors (Lipinski definition) is 0. The molecule has 0 aliphatic carbocycles. The van der Waals surface area contributed by atoms with Crippen molar-refractivity contribution < 1.29 is 68.4 Å². The van der Waals surface area contributed by atoms with Crippen LogP contribution < -0.4 is 15.1 Å². The first-order chi connectivity index (χ1) is 54.7. The second-order valence-electron chi connectivity index (χ2n) is 34.3. The van der Waals surface area contributed by atoms with Crippen molar-refractivity contribution in [2.75, 3.05) is 138 Å². The number of nitrogens with zero attached hydrogens (tertiary/aromatic N) is 3. The zero-order valence-corrected chi connectivity index (χ0v) is 80.6. The molecule has 0 unspecified atom stereocenters. The lowest BCUT2D eigenvalue weighted by Crippen LogP contribution is -2.56. The third kappa shape index (κ3) is 63.1. The molecular formula is C93H198BN3O12Si3. The Morgan fingerprint density at radius 3 is 0.438 bits per heavy atom. The predicted octanol–water partition coefficient (Wildman–Crippen LogP) is 23.9. The number of hydrogen-bond acceptors (Lipinski definition) is 12. The van der Waals surface area contributed by atoms with Gasteiger partial charge in [-0.1, -0.05) is 290 Å². The number of unbranched alkanes of at least 4 members (excludes halogenated alkanes) is 45. The van der Waals surface area contributed by atoms with Gasteiger partial charge in [0.25, 0.3) is 0 Å². The van der Waals surface area contributed by atoms with Crippen molar-refractivity contribution in [1.82, 2.24) is 0 Å². The van der Waals surface area contributed by atoms with Gasteiger partial charge in [0.05, 0.1) is 96.7 Å². The second-order valence-corrected chi connectivity index (χ2v) is 42.5. The van der Waals surface area contributed by atoms with E-state index in [0.717, 1.165) is 18.1 Å². The van der Waals surface area contributed by atoms with Gasteiger partial charge >= 0.3 is 26.4 Å². The summed E-state index contributed by atoms with van der Waals surface area (Å²) >= 11 is 0. The minimum Gasteiger partial charge on any atom is -0.907 e. The van der Waals surface area contributed by atoms with E-state index in [9.17, 15) is 0 Å². The number of piperidine rings is 3. The molecule has 3 saturated heterocycles. The van der Waals surface area contributed by atoms with Gasteiger partial charge in [0.15, 0.2) is 0 Å². The molecule has 3 fully saturated rings. The molecule has 0 bridgehead atoms. The first-order valence-corrected chi connectivity index (χ1v) is 55.8. The topological polar surface area (TPSA) is 152 Å². The highest BCUT2D eigenvalue weighted by Crippen LogP contribution is 2.31. The van der Waals surface area contributed by atoms with Crippen molar-refractivity contribution in [3.05, 3.63) is 0 Å². The second kappa shape index (κ2) is 80.8. The van der Waals surface area contributed by atoms with Crippen molar-refractivity contribution in [2.45, 2.75) is 467 Å². The molecule has 0 aromatic carbocycles. The maximum absolute atomic E-state index is 8.42. The maximum Gasteiger partial charge on any atom is 0.506 e. The summed E-state index contributed by atoms with van der Waals surface area (Å²) < 4.78 is 59.3. The minimum atomic E-state index is -2.92. The highest BCUT2D eigenvalue weighted by atomic mass is 28.4. The van der Waals surface area contributed by atoms with Crippen LogP contribution in [-0.4, -0.2) is 185 Å². The zero-order chi connectivity index (χ0) is 82.2. The van der Waals surface area contributed by atoms with Gasteiger partial charge in [-0.25, -0.2) is 0 Å². The Morgan fingerprint density at radius 1 is 0.188 bits per heavy atom. The standard InChI is InChI=1S/3C31H66NO3Si.BO3/c3*1-5-9-10-11-12-13-14-15-16-17-18-19-20-21-22-24-27-32(28-25-23-26-29-32)30-31-36(33-6-2,34-7-3)35-8-4;2-1(3)4/h3*5-31H2,1-4H3;/q3*+1;-3. The van der Waals surface area contributed by atoms with Crippen molar-refractivity contribution in [1.29, 1.82) is 0 Å². The third-order valence-corrected chi connectivity index (χ3v) is 33.8. The highest BCUT2D eigenvalue weighted by Gasteiger charge is 2.47. The molecule has 3 rings (SSSR count). The molecule has 15 nitrogen and oxygen atoms in total. The van der Waals surface area contributed by atoms with Gasteiger partial charge in [0.1, 0.15) is 0 Å². The Morgan fingerprint density at radius 2 is 0.312 bits per heavy atom. The highest BCUT2D eigenvalue weighted by molar-refractivity contribution is 6.61. The van der Waals surface area contributed by atoms with Crippen LogP contribution in [0.2, 0.25) is 18.1 Å². The van der Waals surface area contributed by atoms with Gasteiger partial charge in [0.2, 0.25) is 0 Å². The summed E-state index contributed by atoms with van der Waals surface area (Å²) in [4.78, 5) is 0. The third-order valence-electron chi connectivity index (χ3n) is 24.7. The first-order valence-electron chi connectivity index (χ1n) is 50.0. The summed E-state index contributed by atoms with van der Waals surface area (Å²) in [6.45, 7) is 47.3. The number of rotatable bonds is 78. The van der Waals surface area contributed by atoms with Crippen LogP contribution >= 0.6 is 0 Å². The molecule has 0 amide bonds. The van der Waals surface area contributed by atoms with Gasteiger partial charge in [-0.15, -0.1) is 0 Å². The fourth-order valence-electron chi connectivity index (χ4n) is 18.3. The van der Waals surface area contributed by atoms with E-state index in [4.69, 9.17) is 54.9 Å². The fourth-order valence-corrected chi connectivity index (χ4v) is 26.6. The van der Waals surface area contributed by atoms with Gasteiger partial charge in [-0.3, -0.25) is 7.32 Å². The quantitative estimate of drug-likeness (QED) is 0.0324. The molecule has 3 aliphatic rings. The molecule has 0 aromatic heterocycles. The van der Waals surface area contributed by atoms with E-state index in [-0.39, 0.29) is 0 Å². The predicted molar refractivity (Wildman–Crippen MR) is 481 cm³/mol. The zero-order valence-electron chi connectivity index (χ0n) is 77.6. The van der Waals surface area contributed by atoms with E-state index >= 15 is 0 Å². The summed E-state index contributed by atoms with van der Waals surface area (Å²) in [5.74, 6) is 0. The largest absolute Gasteiger partial charge is 0.907 e. The van der Waals surface area contributed by atoms with E-state index < -0.39 is 33.7 Å². The molecule has 0 aromatic rings. The monoisotopic (exact) mass is 1640 g/mol. The van der Waals surface area contributed by atoms with Crippen molar-refractivity contribution in [3.63, 3.8) is 0 Å². The molecule has 19 heteroatoms. The van der Waals surface area contributed by atoms with Crippen LogP contribution in [0.25, 0.3) is 0 Å². The molecule has 3 heterocycles. The van der Waals surface area contributed by atoms with Crippen LogP contribution in [0.3, 0.4) is 0 Å². The van der Waals surface area contributed by atoms with E-state index in [1.54, 1.807) is 0 Å². The number of quaternary nitrogens is 3. The van der Waals surface area contributed by atoms with Crippen LogP contribution in [0.4, 0.5) is 0 Å². The van der Waals surface area contributed by atoms with Crippen molar-refractivity contribution in [3.8, 4) is 0 Å². The Bertz CT molecular complexity index is 1630. The lowest BCUT2D eigenvalue weighted by atomic mass is 10.0. The first kappa shape index (κ1) is 112. The van der Waals surface area contributed by atoms with Crippen molar-refractivity contribution >= 4 is 33.7 Å². The SMILES string of the molecule is CCCCCCCCCCCCCCCCCC[N+]1(CC[Si](OCC)(OCC)OCC)CCCCC1.CCCCCCCCCCCCCCCCCC[N+]1(CC[Si](OCC)(OCC)OCC)CCCCC1.CCCCCCCCCCCCCCCCCC[N+]1(CC[Si](OCC)(OCC)OCC)CCCCC1.[O-]B([O-])[O-]. The summed E-state index contributed by atoms with van der Waals surface area (Å²) in [7, 11) is -10.5. The number of likely N-dealkylation sites (tertiary alicyclic amines) is 3. The van der Waals surface area contributed by atoms with Crippen LogP contribution in [0, 0.1) is 0 Å². The molecule has 672 valence electrons. The van der Waals surface area contributed by atoms with Gasteiger partial charge in [0, 0.05) is 59.5 Å². The Hall–Kier alpha value is 0.116. The fraction of sp³-hybridized carbons (Fsp3) is 1.00. The molecule has 0 N–H and O–H groups in total. The maximum atomic E-state index is 8.42. The van der Waals surface area contributed by atoms with E-state index in [1.807, 2.05) is 0 Å². The Labute approximate surface area is 703 Å². The molecule has 112 heavy (non-hydrogen) atoms. The van der Waals surface area contributed by atoms with Crippen LogP contribution in [-0.2, 0) is 39.8 Å². The van der Waals surface area contributed by atoms with Gasteiger partial charge in [-0.2, -0.15) is 0 Å². The molecule has 0 radical (unpaired) electrons. The lowest BCUT2D eigenvalue weighted by molar-refractivity contribution is -0.931. The molecule has 0 saturated carbocycles. The minimum absolute atomic E-state index is 0.686. The van der Waals surface area contributed by atoms with Crippen molar-refractivity contribution in [2.24, 2.45) is 0 Å². The summed E-state index contributed by atoms with van der Waals surface area (Å²) in [5, 5.41) is 25.2.